The quantitative estimate of drug-likeness (QED) is 0.435. The summed E-state index contributed by atoms with van der Waals surface area (Å²) >= 11 is 0. The standard InChI is InChI=1S/C19H35N5O3/c1-15(17(26)23-8-6-7-9-23)22-10-12-24(13-11-22)18(20-5)21-14-16(25)27-19(2,3)4/h15H,6-14H2,1-5H3,(H,20,21). The lowest BCUT2D eigenvalue weighted by Crippen LogP contribution is -2.57. The molecule has 0 bridgehead atoms. The van der Waals surface area contributed by atoms with E-state index in [0.717, 1.165) is 52.1 Å². The Kier molecular flexibility index (Phi) is 7.47. The molecule has 2 aliphatic heterocycles. The molecule has 2 heterocycles. The Hall–Kier alpha value is -1.83. The molecule has 0 saturated carbocycles. The van der Waals surface area contributed by atoms with Gasteiger partial charge in [-0.3, -0.25) is 19.5 Å². The van der Waals surface area contributed by atoms with E-state index in [-0.39, 0.29) is 24.5 Å². The highest BCUT2D eigenvalue weighted by Gasteiger charge is 2.30. The van der Waals surface area contributed by atoms with Gasteiger partial charge in [0, 0.05) is 46.3 Å². The van der Waals surface area contributed by atoms with E-state index in [0.29, 0.717) is 5.96 Å². The highest BCUT2D eigenvalue weighted by molar-refractivity contribution is 5.85. The molecule has 0 aliphatic carbocycles. The number of likely N-dealkylation sites (tertiary alicyclic amines) is 1. The van der Waals surface area contributed by atoms with Gasteiger partial charge >= 0.3 is 5.97 Å². The first-order valence-electron chi connectivity index (χ1n) is 9.91. The molecule has 0 spiro atoms. The summed E-state index contributed by atoms with van der Waals surface area (Å²) in [6, 6.07) is -0.0815. The molecule has 0 radical (unpaired) electrons. The van der Waals surface area contributed by atoms with Crippen molar-refractivity contribution in [3.8, 4) is 0 Å². The van der Waals surface area contributed by atoms with Crippen molar-refractivity contribution in [2.75, 3.05) is 52.9 Å². The van der Waals surface area contributed by atoms with Crippen LogP contribution in [0.4, 0.5) is 0 Å². The summed E-state index contributed by atoms with van der Waals surface area (Å²) in [4.78, 5) is 35.1. The molecule has 1 unspecified atom stereocenters. The summed E-state index contributed by atoms with van der Waals surface area (Å²) < 4.78 is 5.32. The summed E-state index contributed by atoms with van der Waals surface area (Å²) in [5.41, 5.74) is -0.494. The molecular weight excluding hydrogens is 346 g/mol. The van der Waals surface area contributed by atoms with Gasteiger partial charge in [-0.15, -0.1) is 0 Å². The van der Waals surface area contributed by atoms with Crippen LogP contribution in [0.15, 0.2) is 4.99 Å². The minimum Gasteiger partial charge on any atom is -0.459 e. The number of ether oxygens (including phenoxy) is 1. The largest absolute Gasteiger partial charge is 0.459 e. The number of hydrogen-bond donors (Lipinski definition) is 1. The van der Waals surface area contributed by atoms with Crippen molar-refractivity contribution in [1.82, 2.24) is 20.0 Å². The van der Waals surface area contributed by atoms with E-state index in [4.69, 9.17) is 4.74 Å². The number of nitrogens with zero attached hydrogens (tertiary/aromatic N) is 4. The molecule has 2 aliphatic rings. The SMILES string of the molecule is CN=C(NCC(=O)OC(C)(C)C)N1CCN(C(C)C(=O)N2CCCC2)CC1. The number of aliphatic imine (C=N–C) groups is 1. The van der Waals surface area contributed by atoms with E-state index < -0.39 is 5.60 Å². The fraction of sp³-hybridized carbons (Fsp3) is 0.842. The molecule has 2 fully saturated rings. The van der Waals surface area contributed by atoms with Gasteiger partial charge in [-0.25, -0.2) is 0 Å². The number of rotatable bonds is 4. The normalized spacial score (nSPS) is 20.6. The van der Waals surface area contributed by atoms with E-state index in [9.17, 15) is 9.59 Å². The first-order valence-corrected chi connectivity index (χ1v) is 9.91. The minimum atomic E-state index is -0.494. The van der Waals surface area contributed by atoms with Crippen molar-refractivity contribution in [2.24, 2.45) is 4.99 Å². The van der Waals surface area contributed by atoms with Crippen molar-refractivity contribution >= 4 is 17.8 Å². The lowest BCUT2D eigenvalue weighted by Gasteiger charge is -2.39. The zero-order valence-corrected chi connectivity index (χ0v) is 17.5. The molecule has 1 amide bonds. The molecular formula is C19H35N5O3. The number of amides is 1. The first-order chi connectivity index (χ1) is 12.7. The molecule has 8 heteroatoms. The van der Waals surface area contributed by atoms with E-state index in [1.165, 1.54) is 0 Å². The molecule has 2 saturated heterocycles. The molecule has 1 atom stereocenters. The topological polar surface area (TPSA) is 77.5 Å². The van der Waals surface area contributed by atoms with Crippen molar-refractivity contribution in [3.63, 3.8) is 0 Å². The van der Waals surface area contributed by atoms with Gasteiger partial charge in [0.05, 0.1) is 6.04 Å². The van der Waals surface area contributed by atoms with Crippen molar-refractivity contribution < 1.29 is 14.3 Å². The number of piperazine rings is 1. The fourth-order valence-electron chi connectivity index (χ4n) is 3.54. The Labute approximate surface area is 162 Å². The molecule has 154 valence electrons. The Morgan fingerprint density at radius 3 is 2.15 bits per heavy atom. The van der Waals surface area contributed by atoms with E-state index in [1.54, 1.807) is 7.05 Å². The lowest BCUT2D eigenvalue weighted by atomic mass is 10.2. The van der Waals surface area contributed by atoms with Crippen LogP contribution in [0.25, 0.3) is 0 Å². The Balaban J connectivity index is 1.79. The predicted octanol–water partition coefficient (Wildman–Crippen LogP) is 0.532. The van der Waals surface area contributed by atoms with Crippen LogP contribution in [0, 0.1) is 0 Å². The smallest absolute Gasteiger partial charge is 0.325 e. The van der Waals surface area contributed by atoms with Crippen LogP contribution in [0.3, 0.4) is 0 Å². The predicted molar refractivity (Wildman–Crippen MR) is 106 cm³/mol. The van der Waals surface area contributed by atoms with E-state index in [2.05, 4.69) is 20.1 Å². The van der Waals surface area contributed by atoms with Gasteiger partial charge in [-0.05, 0) is 40.5 Å². The maximum Gasteiger partial charge on any atom is 0.325 e. The van der Waals surface area contributed by atoms with Crippen LogP contribution in [0.2, 0.25) is 0 Å². The minimum absolute atomic E-state index is 0.0815. The summed E-state index contributed by atoms with van der Waals surface area (Å²) in [5.74, 6) is 0.638. The zero-order chi connectivity index (χ0) is 20.0. The zero-order valence-electron chi connectivity index (χ0n) is 17.5. The second kappa shape index (κ2) is 9.39. The average Bonchev–Trinajstić information content (AvgIpc) is 3.14. The first kappa shape index (κ1) is 21.5. The molecule has 8 nitrogen and oxygen atoms in total. The second-order valence-electron chi connectivity index (χ2n) is 8.22. The van der Waals surface area contributed by atoms with Crippen molar-refractivity contribution in [1.29, 1.82) is 0 Å². The van der Waals surface area contributed by atoms with E-state index in [1.807, 2.05) is 32.6 Å². The van der Waals surface area contributed by atoms with Gasteiger partial charge in [0.15, 0.2) is 5.96 Å². The van der Waals surface area contributed by atoms with Gasteiger partial charge in [-0.2, -0.15) is 0 Å². The molecule has 27 heavy (non-hydrogen) atoms. The molecule has 0 aromatic rings. The monoisotopic (exact) mass is 381 g/mol. The third kappa shape index (κ3) is 6.37. The van der Waals surface area contributed by atoms with Gasteiger partial charge in [0.25, 0.3) is 0 Å². The molecule has 2 rings (SSSR count). The Morgan fingerprint density at radius 1 is 1.04 bits per heavy atom. The summed E-state index contributed by atoms with van der Waals surface area (Å²) in [6.07, 6.45) is 2.23. The number of guanidine groups is 1. The highest BCUT2D eigenvalue weighted by atomic mass is 16.6. The summed E-state index contributed by atoms with van der Waals surface area (Å²) in [5, 5.41) is 3.08. The van der Waals surface area contributed by atoms with Crippen LogP contribution in [0.5, 0.6) is 0 Å². The number of nitrogens with one attached hydrogen (secondary N) is 1. The molecule has 1 N–H and O–H groups in total. The van der Waals surface area contributed by atoms with E-state index >= 15 is 0 Å². The van der Waals surface area contributed by atoms with Gasteiger partial charge < -0.3 is 19.9 Å². The lowest BCUT2D eigenvalue weighted by molar-refractivity contribution is -0.153. The summed E-state index contributed by atoms with van der Waals surface area (Å²) in [6.45, 7) is 12.6. The van der Waals surface area contributed by atoms with Gasteiger partial charge in [0.2, 0.25) is 5.91 Å². The molecule has 0 aromatic heterocycles. The van der Waals surface area contributed by atoms with Crippen LogP contribution >= 0.6 is 0 Å². The summed E-state index contributed by atoms with van der Waals surface area (Å²) in [7, 11) is 1.71. The Morgan fingerprint density at radius 2 is 1.63 bits per heavy atom. The van der Waals surface area contributed by atoms with Crippen LogP contribution in [-0.2, 0) is 14.3 Å². The third-order valence-electron chi connectivity index (χ3n) is 4.96. The average molecular weight is 382 g/mol. The second-order valence-corrected chi connectivity index (χ2v) is 8.22. The number of carbonyl (C=O) groups is 2. The molecule has 0 aromatic carbocycles. The highest BCUT2D eigenvalue weighted by Crippen LogP contribution is 2.14. The number of hydrogen-bond acceptors (Lipinski definition) is 5. The van der Waals surface area contributed by atoms with Crippen LogP contribution in [0.1, 0.15) is 40.5 Å². The van der Waals surface area contributed by atoms with Gasteiger partial charge in [0.1, 0.15) is 12.1 Å². The van der Waals surface area contributed by atoms with Crippen LogP contribution in [-0.4, -0.2) is 97.0 Å². The Bertz CT molecular complexity index is 544. The van der Waals surface area contributed by atoms with Crippen molar-refractivity contribution in [3.05, 3.63) is 0 Å². The number of carbonyl (C=O) groups excluding carboxylic acids is 2. The third-order valence-corrected chi connectivity index (χ3v) is 4.96. The van der Waals surface area contributed by atoms with Gasteiger partial charge in [-0.1, -0.05) is 0 Å². The maximum absolute atomic E-state index is 12.6. The van der Waals surface area contributed by atoms with Crippen molar-refractivity contribution in [2.45, 2.75) is 52.2 Å². The van der Waals surface area contributed by atoms with Crippen LogP contribution < -0.4 is 5.32 Å². The maximum atomic E-state index is 12.6. The number of esters is 1. The fourth-order valence-corrected chi connectivity index (χ4v) is 3.54.